The van der Waals surface area contributed by atoms with Crippen molar-refractivity contribution in [2.75, 3.05) is 12.4 Å². The molecule has 2 rings (SSSR count). The summed E-state index contributed by atoms with van der Waals surface area (Å²) >= 11 is 5.13. The van der Waals surface area contributed by atoms with E-state index in [9.17, 15) is 9.18 Å². The number of esters is 1. The molecule has 3 nitrogen and oxygen atoms in total. The third kappa shape index (κ3) is 2.61. The molecule has 1 aliphatic rings. The lowest BCUT2D eigenvalue weighted by Gasteiger charge is -2.10. The van der Waals surface area contributed by atoms with Crippen molar-refractivity contribution in [3.05, 3.63) is 29.6 Å². The minimum absolute atomic E-state index is 0.314. The summed E-state index contributed by atoms with van der Waals surface area (Å²) in [5.74, 6) is -0.976. The number of methoxy groups -OCH3 is 1. The van der Waals surface area contributed by atoms with E-state index in [1.807, 2.05) is 0 Å². The number of hydrogen-bond acceptors (Lipinski definition) is 3. The maximum Gasteiger partial charge on any atom is 0.309 e. The molecule has 1 heterocycles. The molecule has 1 atom stereocenters. The Morgan fingerprint density at radius 2 is 2.29 bits per heavy atom. The lowest BCUT2D eigenvalue weighted by molar-refractivity contribution is -0.145. The minimum atomic E-state index is -0.344. The number of nitrogens with one attached hydrogen (secondary N) is 1. The van der Waals surface area contributed by atoms with Gasteiger partial charge >= 0.3 is 5.97 Å². The molecule has 0 fully saturated rings. The van der Waals surface area contributed by atoms with Gasteiger partial charge in [-0.1, -0.05) is 12.2 Å². The van der Waals surface area contributed by atoms with Crippen molar-refractivity contribution in [2.45, 2.75) is 12.8 Å². The number of hydrogen-bond donors (Lipinski definition) is 1. The first-order chi connectivity index (χ1) is 8.10. The molecule has 0 bridgehead atoms. The van der Waals surface area contributed by atoms with Gasteiger partial charge in [-0.2, -0.15) is 0 Å². The van der Waals surface area contributed by atoms with Gasteiger partial charge in [-0.15, -0.1) is 0 Å². The summed E-state index contributed by atoms with van der Waals surface area (Å²) in [6.45, 7) is 0. The number of halogens is 1. The second-order valence-corrected chi connectivity index (χ2v) is 4.47. The lowest BCUT2D eigenvalue weighted by Crippen LogP contribution is -2.21. The molecule has 90 valence electrons. The molecular weight excluding hydrogens is 241 g/mol. The van der Waals surface area contributed by atoms with Crippen molar-refractivity contribution in [1.82, 2.24) is 0 Å². The maximum atomic E-state index is 13.2. The Bertz CT molecular complexity index is 476. The first-order valence-corrected chi connectivity index (χ1v) is 5.67. The van der Waals surface area contributed by atoms with Crippen molar-refractivity contribution >= 4 is 28.9 Å². The number of anilines is 1. The fraction of sp³-hybridized carbons (Fsp3) is 0.333. The predicted molar refractivity (Wildman–Crippen MR) is 66.4 cm³/mol. The zero-order valence-electron chi connectivity index (χ0n) is 9.33. The van der Waals surface area contributed by atoms with Crippen LogP contribution >= 0.6 is 12.2 Å². The second-order valence-electron chi connectivity index (χ2n) is 3.98. The molecule has 1 N–H and O–H groups in total. The number of thiocarbonyl (C=S) groups is 1. The normalized spacial score (nSPS) is 18.9. The molecule has 0 radical (unpaired) electrons. The van der Waals surface area contributed by atoms with Gasteiger partial charge in [0.15, 0.2) is 0 Å². The van der Waals surface area contributed by atoms with E-state index in [2.05, 4.69) is 5.32 Å². The SMILES string of the molecule is COC(=O)C1CC(=S)Nc2ccc(F)cc2C1. The van der Waals surface area contributed by atoms with E-state index in [0.717, 1.165) is 11.3 Å². The summed E-state index contributed by atoms with van der Waals surface area (Å²) in [5.41, 5.74) is 1.52. The molecule has 1 aliphatic heterocycles. The molecule has 1 aromatic rings. The van der Waals surface area contributed by atoms with Crippen LogP contribution in [0.5, 0.6) is 0 Å². The average molecular weight is 253 g/mol. The smallest absolute Gasteiger partial charge is 0.309 e. The highest BCUT2D eigenvalue weighted by molar-refractivity contribution is 7.80. The van der Waals surface area contributed by atoms with E-state index in [0.29, 0.717) is 17.8 Å². The van der Waals surface area contributed by atoms with Crippen molar-refractivity contribution in [3.8, 4) is 0 Å². The van der Waals surface area contributed by atoms with Gasteiger partial charge in [-0.3, -0.25) is 4.79 Å². The zero-order chi connectivity index (χ0) is 12.4. The minimum Gasteiger partial charge on any atom is -0.469 e. The van der Waals surface area contributed by atoms with Crippen LogP contribution in [0.1, 0.15) is 12.0 Å². The monoisotopic (exact) mass is 253 g/mol. The topological polar surface area (TPSA) is 38.3 Å². The molecule has 0 aromatic heterocycles. The van der Waals surface area contributed by atoms with Crippen LogP contribution in [0.2, 0.25) is 0 Å². The molecule has 0 aliphatic carbocycles. The molecule has 0 saturated heterocycles. The molecule has 0 amide bonds. The summed E-state index contributed by atoms with van der Waals surface area (Å²) in [7, 11) is 1.34. The summed E-state index contributed by atoms with van der Waals surface area (Å²) in [6, 6.07) is 4.43. The van der Waals surface area contributed by atoms with Gasteiger partial charge in [0.2, 0.25) is 0 Å². The van der Waals surface area contributed by atoms with E-state index in [4.69, 9.17) is 17.0 Å². The fourth-order valence-corrected chi connectivity index (χ4v) is 2.26. The van der Waals surface area contributed by atoms with Crippen LogP contribution in [0.15, 0.2) is 18.2 Å². The van der Waals surface area contributed by atoms with Gasteiger partial charge in [0.1, 0.15) is 5.82 Å². The lowest BCUT2D eigenvalue weighted by atomic mass is 9.97. The van der Waals surface area contributed by atoms with Crippen LogP contribution in [0, 0.1) is 11.7 Å². The van der Waals surface area contributed by atoms with E-state index in [1.165, 1.54) is 19.2 Å². The van der Waals surface area contributed by atoms with Crippen LogP contribution in [-0.4, -0.2) is 18.1 Å². The van der Waals surface area contributed by atoms with Crippen LogP contribution in [-0.2, 0) is 16.0 Å². The Morgan fingerprint density at radius 3 is 3.00 bits per heavy atom. The van der Waals surface area contributed by atoms with Crippen molar-refractivity contribution in [3.63, 3.8) is 0 Å². The van der Waals surface area contributed by atoms with Crippen LogP contribution in [0.3, 0.4) is 0 Å². The first kappa shape index (κ1) is 12.0. The Kier molecular flexibility index (Phi) is 3.38. The standard InChI is InChI=1S/C12H12FNO2S/c1-16-12(15)8-4-7-5-9(13)2-3-10(7)14-11(17)6-8/h2-3,5,8H,4,6H2,1H3,(H,14,17). The van der Waals surface area contributed by atoms with Gasteiger partial charge in [0, 0.05) is 12.1 Å². The Hall–Kier alpha value is -1.49. The van der Waals surface area contributed by atoms with Crippen LogP contribution in [0.25, 0.3) is 0 Å². The van der Waals surface area contributed by atoms with Gasteiger partial charge in [-0.25, -0.2) is 4.39 Å². The maximum absolute atomic E-state index is 13.2. The number of carbonyl (C=O) groups is 1. The van der Waals surface area contributed by atoms with Crippen molar-refractivity contribution in [2.24, 2.45) is 5.92 Å². The summed E-state index contributed by atoms with van der Waals surface area (Å²) in [4.78, 5) is 12.1. The van der Waals surface area contributed by atoms with Crippen LogP contribution < -0.4 is 5.32 Å². The number of rotatable bonds is 1. The summed E-state index contributed by atoms with van der Waals surface area (Å²) in [6.07, 6.45) is 0.866. The largest absolute Gasteiger partial charge is 0.469 e. The van der Waals surface area contributed by atoms with Crippen LogP contribution in [0.4, 0.5) is 10.1 Å². The first-order valence-electron chi connectivity index (χ1n) is 5.26. The molecule has 17 heavy (non-hydrogen) atoms. The Morgan fingerprint density at radius 1 is 1.53 bits per heavy atom. The van der Waals surface area contributed by atoms with Gasteiger partial charge in [0.25, 0.3) is 0 Å². The average Bonchev–Trinajstić information content (AvgIpc) is 2.46. The van der Waals surface area contributed by atoms with Gasteiger partial charge < -0.3 is 10.1 Å². The number of ether oxygens (including phenoxy) is 1. The van der Waals surface area contributed by atoms with Crippen molar-refractivity contribution in [1.29, 1.82) is 0 Å². The van der Waals surface area contributed by atoms with E-state index >= 15 is 0 Å². The molecule has 0 saturated carbocycles. The number of benzene rings is 1. The highest BCUT2D eigenvalue weighted by atomic mass is 32.1. The Labute approximate surface area is 104 Å². The number of carbonyl (C=O) groups excluding carboxylic acids is 1. The van der Waals surface area contributed by atoms with E-state index in [-0.39, 0.29) is 17.7 Å². The summed E-state index contributed by atoms with van der Waals surface area (Å²) in [5, 5.41) is 3.02. The molecule has 1 unspecified atom stereocenters. The third-order valence-corrected chi connectivity index (χ3v) is 3.04. The van der Waals surface area contributed by atoms with Crippen molar-refractivity contribution < 1.29 is 13.9 Å². The number of fused-ring (bicyclic) bond motifs is 1. The highest BCUT2D eigenvalue weighted by Crippen LogP contribution is 2.27. The third-order valence-electron chi connectivity index (χ3n) is 2.77. The molecule has 1 aromatic carbocycles. The highest BCUT2D eigenvalue weighted by Gasteiger charge is 2.26. The Balaban J connectivity index is 2.35. The molecule has 5 heteroatoms. The second kappa shape index (κ2) is 4.79. The zero-order valence-corrected chi connectivity index (χ0v) is 10.1. The van der Waals surface area contributed by atoms with E-state index < -0.39 is 0 Å². The fourth-order valence-electron chi connectivity index (χ4n) is 1.95. The predicted octanol–water partition coefficient (Wildman–Crippen LogP) is 2.30. The van der Waals surface area contributed by atoms with E-state index in [1.54, 1.807) is 6.07 Å². The van der Waals surface area contributed by atoms with Gasteiger partial charge in [-0.05, 0) is 30.2 Å². The molecular formula is C12H12FNO2S. The quantitative estimate of drug-likeness (QED) is 0.615. The summed E-state index contributed by atoms with van der Waals surface area (Å²) < 4.78 is 17.9. The molecule has 0 spiro atoms. The van der Waals surface area contributed by atoms with Gasteiger partial charge in [0.05, 0.1) is 18.0 Å².